The van der Waals surface area contributed by atoms with Crippen molar-refractivity contribution >= 4 is 23.6 Å². The first-order valence-corrected chi connectivity index (χ1v) is 8.17. The summed E-state index contributed by atoms with van der Waals surface area (Å²) < 4.78 is 5.31. The van der Waals surface area contributed by atoms with E-state index in [4.69, 9.17) is 16.3 Å². The number of carbonyl (C=O) groups is 2. The van der Waals surface area contributed by atoms with Crippen LogP contribution in [-0.4, -0.2) is 47.0 Å². The quantitative estimate of drug-likeness (QED) is 0.811. The second-order valence-electron chi connectivity index (χ2n) is 6.42. The standard InChI is InChI=1S/C15H27ClN2O3/c1-5-18(13(19)10-16)12-9-7-6-8-11(12)17-14(20)21-15(2,3)4/h11-12H,5-10H2,1-4H3,(H,17,20). The third-order valence-corrected chi connectivity index (χ3v) is 3.84. The molecule has 2 amide bonds. The van der Waals surface area contributed by atoms with Crippen LogP contribution >= 0.6 is 11.6 Å². The van der Waals surface area contributed by atoms with Crippen LogP contribution in [0, 0.1) is 0 Å². The zero-order valence-electron chi connectivity index (χ0n) is 13.4. The molecular formula is C15H27ClN2O3. The molecule has 0 heterocycles. The summed E-state index contributed by atoms with van der Waals surface area (Å²) >= 11 is 5.68. The van der Waals surface area contributed by atoms with Gasteiger partial charge in [-0.25, -0.2) is 4.79 Å². The van der Waals surface area contributed by atoms with Crippen molar-refractivity contribution in [2.45, 2.75) is 71.1 Å². The van der Waals surface area contributed by atoms with Crippen molar-refractivity contribution in [3.63, 3.8) is 0 Å². The average molecular weight is 319 g/mol. The molecule has 21 heavy (non-hydrogen) atoms. The molecule has 1 N–H and O–H groups in total. The van der Waals surface area contributed by atoms with Gasteiger partial charge in [0, 0.05) is 6.54 Å². The molecule has 5 nitrogen and oxygen atoms in total. The summed E-state index contributed by atoms with van der Waals surface area (Å²) in [4.78, 5) is 25.7. The molecule has 1 rings (SSSR count). The van der Waals surface area contributed by atoms with Gasteiger partial charge in [-0.1, -0.05) is 12.8 Å². The van der Waals surface area contributed by atoms with Gasteiger partial charge in [-0.05, 0) is 40.5 Å². The summed E-state index contributed by atoms with van der Waals surface area (Å²) in [6.45, 7) is 8.03. The maximum absolute atomic E-state index is 12.0. The lowest BCUT2D eigenvalue weighted by atomic mass is 9.89. The van der Waals surface area contributed by atoms with Crippen molar-refractivity contribution < 1.29 is 14.3 Å². The molecule has 0 spiro atoms. The number of amides is 2. The molecule has 0 radical (unpaired) electrons. The molecule has 1 saturated carbocycles. The van der Waals surface area contributed by atoms with Gasteiger partial charge >= 0.3 is 6.09 Å². The maximum Gasteiger partial charge on any atom is 0.407 e. The van der Waals surface area contributed by atoms with E-state index in [9.17, 15) is 9.59 Å². The Bertz CT molecular complexity index is 368. The molecule has 0 aromatic carbocycles. The molecule has 1 aliphatic carbocycles. The molecule has 2 atom stereocenters. The molecule has 6 heteroatoms. The lowest BCUT2D eigenvalue weighted by Gasteiger charge is -2.39. The maximum atomic E-state index is 12.0. The van der Waals surface area contributed by atoms with E-state index in [2.05, 4.69) is 5.32 Å². The van der Waals surface area contributed by atoms with Crippen LogP contribution in [0.3, 0.4) is 0 Å². The number of nitrogens with one attached hydrogen (secondary N) is 1. The highest BCUT2D eigenvalue weighted by atomic mass is 35.5. The predicted molar refractivity (Wildman–Crippen MR) is 83.5 cm³/mol. The second-order valence-corrected chi connectivity index (χ2v) is 6.69. The number of halogens is 1. The van der Waals surface area contributed by atoms with Crippen LogP contribution < -0.4 is 5.32 Å². The minimum atomic E-state index is -0.523. The molecule has 1 fully saturated rings. The highest BCUT2D eigenvalue weighted by molar-refractivity contribution is 6.27. The Morgan fingerprint density at radius 1 is 1.29 bits per heavy atom. The largest absolute Gasteiger partial charge is 0.444 e. The van der Waals surface area contributed by atoms with Gasteiger partial charge in [0.15, 0.2) is 0 Å². The van der Waals surface area contributed by atoms with Gasteiger partial charge in [0.1, 0.15) is 11.5 Å². The van der Waals surface area contributed by atoms with Crippen molar-refractivity contribution in [3.05, 3.63) is 0 Å². The number of ether oxygens (including phenoxy) is 1. The predicted octanol–water partition coefficient (Wildman–Crippen LogP) is 2.91. The van der Waals surface area contributed by atoms with E-state index in [1.165, 1.54) is 0 Å². The number of alkyl carbamates (subject to hydrolysis) is 1. The topological polar surface area (TPSA) is 58.6 Å². The van der Waals surface area contributed by atoms with Crippen molar-refractivity contribution in [2.75, 3.05) is 12.4 Å². The minimum absolute atomic E-state index is 0.00233. The van der Waals surface area contributed by atoms with Crippen LogP contribution in [-0.2, 0) is 9.53 Å². The summed E-state index contributed by atoms with van der Waals surface area (Å²) in [6.07, 6.45) is 3.42. The van der Waals surface area contributed by atoms with Gasteiger partial charge in [0.25, 0.3) is 0 Å². The Morgan fingerprint density at radius 2 is 1.90 bits per heavy atom. The number of hydrogen-bond donors (Lipinski definition) is 1. The number of carbonyl (C=O) groups excluding carboxylic acids is 2. The zero-order valence-corrected chi connectivity index (χ0v) is 14.2. The summed E-state index contributed by atoms with van der Waals surface area (Å²) in [5.74, 6) is -0.106. The molecule has 0 aromatic rings. The van der Waals surface area contributed by atoms with Crippen LogP contribution in [0.25, 0.3) is 0 Å². The summed E-state index contributed by atoms with van der Waals surface area (Å²) in [6, 6.07) is -0.0664. The van der Waals surface area contributed by atoms with Crippen molar-refractivity contribution in [2.24, 2.45) is 0 Å². The Morgan fingerprint density at radius 3 is 2.43 bits per heavy atom. The molecule has 1 aliphatic rings. The van der Waals surface area contributed by atoms with E-state index in [1.54, 1.807) is 4.90 Å². The van der Waals surface area contributed by atoms with E-state index in [1.807, 2.05) is 27.7 Å². The SMILES string of the molecule is CCN(C(=O)CCl)C1CCCCC1NC(=O)OC(C)(C)C. The number of nitrogens with zero attached hydrogens (tertiary/aromatic N) is 1. The Kier molecular flexibility index (Phi) is 6.78. The molecule has 0 aromatic heterocycles. The van der Waals surface area contributed by atoms with Gasteiger partial charge in [-0.15, -0.1) is 11.6 Å². The van der Waals surface area contributed by atoms with E-state index < -0.39 is 11.7 Å². The highest BCUT2D eigenvalue weighted by Gasteiger charge is 2.33. The molecule has 0 saturated heterocycles. The van der Waals surface area contributed by atoms with Crippen molar-refractivity contribution in [3.8, 4) is 0 Å². The fourth-order valence-corrected chi connectivity index (χ4v) is 2.94. The van der Waals surface area contributed by atoms with Crippen LogP contribution in [0.4, 0.5) is 4.79 Å². The van der Waals surface area contributed by atoms with Gasteiger partial charge in [0.05, 0.1) is 12.1 Å². The molecule has 2 unspecified atom stereocenters. The molecular weight excluding hydrogens is 292 g/mol. The first-order valence-electron chi connectivity index (χ1n) is 7.63. The fourth-order valence-electron chi connectivity index (χ4n) is 2.78. The van der Waals surface area contributed by atoms with Gasteiger partial charge < -0.3 is 15.0 Å². The second kappa shape index (κ2) is 7.87. The summed E-state index contributed by atoms with van der Waals surface area (Å²) in [7, 11) is 0. The Hall–Kier alpha value is -0.970. The number of hydrogen-bond acceptors (Lipinski definition) is 3. The first kappa shape index (κ1) is 18.1. The summed E-state index contributed by atoms with van der Waals surface area (Å²) in [5, 5.41) is 2.92. The molecule has 0 bridgehead atoms. The number of likely N-dealkylation sites (N-methyl/N-ethyl adjacent to an activating group) is 1. The average Bonchev–Trinajstić information content (AvgIpc) is 2.39. The fraction of sp³-hybridized carbons (Fsp3) is 0.867. The van der Waals surface area contributed by atoms with Crippen molar-refractivity contribution in [1.29, 1.82) is 0 Å². The van der Waals surface area contributed by atoms with E-state index in [0.29, 0.717) is 6.54 Å². The third kappa shape index (κ3) is 5.73. The van der Waals surface area contributed by atoms with Crippen LogP contribution in [0.15, 0.2) is 0 Å². The molecule has 122 valence electrons. The number of rotatable bonds is 4. The monoisotopic (exact) mass is 318 g/mol. The van der Waals surface area contributed by atoms with Crippen LogP contribution in [0.1, 0.15) is 53.4 Å². The first-order chi connectivity index (χ1) is 9.78. The molecule has 0 aliphatic heterocycles. The smallest absolute Gasteiger partial charge is 0.407 e. The third-order valence-electron chi connectivity index (χ3n) is 3.61. The van der Waals surface area contributed by atoms with Gasteiger partial charge in [-0.2, -0.15) is 0 Å². The zero-order chi connectivity index (χ0) is 16.0. The van der Waals surface area contributed by atoms with Crippen molar-refractivity contribution in [1.82, 2.24) is 10.2 Å². The van der Waals surface area contributed by atoms with Crippen LogP contribution in [0.2, 0.25) is 0 Å². The lowest BCUT2D eigenvalue weighted by molar-refractivity contribution is -0.131. The van der Waals surface area contributed by atoms with Crippen LogP contribution in [0.5, 0.6) is 0 Å². The number of alkyl halides is 1. The Labute approximate surface area is 132 Å². The lowest BCUT2D eigenvalue weighted by Crippen LogP contribution is -2.55. The van der Waals surface area contributed by atoms with E-state index in [-0.39, 0.29) is 23.9 Å². The summed E-state index contributed by atoms with van der Waals surface area (Å²) in [5.41, 5.74) is -0.523. The Balaban J connectivity index is 2.72. The highest BCUT2D eigenvalue weighted by Crippen LogP contribution is 2.24. The van der Waals surface area contributed by atoms with E-state index >= 15 is 0 Å². The normalized spacial score (nSPS) is 22.5. The van der Waals surface area contributed by atoms with E-state index in [0.717, 1.165) is 25.7 Å². The minimum Gasteiger partial charge on any atom is -0.444 e. The van der Waals surface area contributed by atoms with Gasteiger partial charge in [-0.3, -0.25) is 4.79 Å². The van der Waals surface area contributed by atoms with Gasteiger partial charge in [0.2, 0.25) is 5.91 Å².